The van der Waals surface area contributed by atoms with Crippen molar-refractivity contribution in [1.29, 1.82) is 0 Å². The van der Waals surface area contributed by atoms with Crippen molar-refractivity contribution in [3.05, 3.63) is 60.2 Å². The molecule has 0 bridgehead atoms. The molecule has 0 N–H and O–H groups in total. The van der Waals surface area contributed by atoms with E-state index in [2.05, 4.69) is 11.6 Å². The largest absolute Gasteiger partial charge is 0.493 e. The number of ether oxygens (including phenoxy) is 2. The van der Waals surface area contributed by atoms with Crippen molar-refractivity contribution in [2.75, 3.05) is 7.11 Å². The summed E-state index contributed by atoms with van der Waals surface area (Å²) in [6.07, 6.45) is 1.76. The van der Waals surface area contributed by atoms with Gasteiger partial charge in [0, 0.05) is 17.8 Å². The molecule has 2 rings (SSSR count). The molecule has 3 nitrogen and oxygen atoms in total. The summed E-state index contributed by atoms with van der Waals surface area (Å²) in [7, 11) is 1.63. The molecule has 0 fully saturated rings. The Morgan fingerprint density at radius 3 is 2.50 bits per heavy atom. The molecule has 0 radical (unpaired) electrons. The van der Waals surface area contributed by atoms with Crippen LogP contribution in [0.15, 0.2) is 54.0 Å². The first-order valence-corrected chi connectivity index (χ1v) is 7.19. The van der Waals surface area contributed by atoms with Crippen molar-refractivity contribution in [3.63, 3.8) is 0 Å². The lowest BCUT2D eigenvalue weighted by molar-refractivity contribution is 0.284. The zero-order valence-corrected chi connectivity index (χ0v) is 13.3. The molecule has 0 aromatic heterocycles. The lowest BCUT2D eigenvalue weighted by atomic mass is 10.1. The van der Waals surface area contributed by atoms with Crippen LogP contribution < -0.4 is 9.47 Å². The molecule has 0 saturated carbocycles. The molecule has 0 amide bonds. The van der Waals surface area contributed by atoms with Gasteiger partial charge in [-0.25, -0.2) is 0 Å². The first kappa shape index (κ1) is 15.8. The molecule has 22 heavy (non-hydrogen) atoms. The number of hydrogen-bond donors (Lipinski definition) is 0. The Balaban J connectivity index is 2.33. The fourth-order valence-electron chi connectivity index (χ4n) is 2.14. The van der Waals surface area contributed by atoms with Gasteiger partial charge in [0.1, 0.15) is 6.61 Å². The van der Waals surface area contributed by atoms with Crippen molar-refractivity contribution < 1.29 is 9.47 Å². The highest BCUT2D eigenvalue weighted by Gasteiger charge is 2.12. The van der Waals surface area contributed by atoms with E-state index in [0.717, 1.165) is 22.4 Å². The van der Waals surface area contributed by atoms with E-state index in [9.17, 15) is 0 Å². The summed E-state index contributed by atoms with van der Waals surface area (Å²) in [5, 5.41) is 0. The van der Waals surface area contributed by atoms with Gasteiger partial charge in [0.15, 0.2) is 11.5 Å². The van der Waals surface area contributed by atoms with Crippen LogP contribution in [-0.2, 0) is 6.61 Å². The number of allylic oxidation sites excluding steroid dienone is 1. The summed E-state index contributed by atoms with van der Waals surface area (Å²) in [5.74, 6) is 1.36. The molecule has 0 heterocycles. The van der Waals surface area contributed by atoms with Gasteiger partial charge >= 0.3 is 0 Å². The Morgan fingerprint density at radius 1 is 1.18 bits per heavy atom. The number of nitrogens with zero attached hydrogens (tertiary/aromatic N) is 1. The van der Waals surface area contributed by atoms with Gasteiger partial charge in [-0.1, -0.05) is 36.9 Å². The highest BCUT2D eigenvalue weighted by molar-refractivity contribution is 5.78. The molecule has 0 aliphatic carbocycles. The molecule has 0 saturated heterocycles. The van der Waals surface area contributed by atoms with E-state index in [1.54, 1.807) is 13.3 Å². The number of rotatable bonds is 6. The van der Waals surface area contributed by atoms with E-state index < -0.39 is 0 Å². The number of benzene rings is 2. The highest BCUT2D eigenvalue weighted by Crippen LogP contribution is 2.38. The summed E-state index contributed by atoms with van der Waals surface area (Å²) >= 11 is 0. The second-order valence-electron chi connectivity index (χ2n) is 4.96. The molecule has 0 spiro atoms. The average Bonchev–Trinajstić information content (AvgIpc) is 2.54. The van der Waals surface area contributed by atoms with Crippen LogP contribution in [0.25, 0.3) is 5.57 Å². The Hall–Kier alpha value is -2.55. The smallest absolute Gasteiger partial charge is 0.163 e. The van der Waals surface area contributed by atoms with Gasteiger partial charge in [-0.05, 0) is 31.1 Å². The first-order chi connectivity index (χ1) is 10.7. The molecule has 0 atom stereocenters. The van der Waals surface area contributed by atoms with E-state index in [4.69, 9.17) is 9.47 Å². The average molecular weight is 295 g/mol. The Bertz CT molecular complexity index is 675. The summed E-state index contributed by atoms with van der Waals surface area (Å²) < 4.78 is 11.3. The third-order valence-corrected chi connectivity index (χ3v) is 3.25. The number of methoxy groups -OCH3 is 1. The van der Waals surface area contributed by atoms with Gasteiger partial charge in [-0.15, -0.1) is 0 Å². The number of aliphatic imine (C=N–C) groups is 1. The lowest BCUT2D eigenvalue weighted by Crippen LogP contribution is -1.98. The zero-order valence-electron chi connectivity index (χ0n) is 13.3. The summed E-state index contributed by atoms with van der Waals surface area (Å²) in [4.78, 5) is 4.40. The van der Waals surface area contributed by atoms with E-state index in [0.29, 0.717) is 18.1 Å². The molecule has 0 aliphatic rings. The monoisotopic (exact) mass is 295 g/mol. The van der Waals surface area contributed by atoms with Gasteiger partial charge in [0.25, 0.3) is 0 Å². The highest BCUT2D eigenvalue weighted by atomic mass is 16.5. The zero-order chi connectivity index (χ0) is 15.9. The van der Waals surface area contributed by atoms with E-state index in [1.807, 2.05) is 56.3 Å². The van der Waals surface area contributed by atoms with Gasteiger partial charge in [0.05, 0.1) is 12.8 Å². The van der Waals surface area contributed by atoms with E-state index in [-0.39, 0.29) is 0 Å². The molecule has 2 aromatic carbocycles. The Morgan fingerprint density at radius 2 is 1.91 bits per heavy atom. The van der Waals surface area contributed by atoms with Crippen LogP contribution in [-0.4, -0.2) is 13.3 Å². The third-order valence-electron chi connectivity index (χ3n) is 3.25. The van der Waals surface area contributed by atoms with Crippen LogP contribution in [0.2, 0.25) is 0 Å². The van der Waals surface area contributed by atoms with Crippen LogP contribution >= 0.6 is 0 Å². The van der Waals surface area contributed by atoms with E-state index >= 15 is 0 Å². The van der Waals surface area contributed by atoms with Crippen molar-refractivity contribution in [2.45, 2.75) is 20.5 Å². The van der Waals surface area contributed by atoms with Gasteiger partial charge in [0.2, 0.25) is 0 Å². The second kappa shape index (κ2) is 7.46. The minimum absolute atomic E-state index is 0.485. The fourth-order valence-corrected chi connectivity index (χ4v) is 2.14. The van der Waals surface area contributed by atoms with Gasteiger partial charge < -0.3 is 9.47 Å². The van der Waals surface area contributed by atoms with Crippen LogP contribution in [0.5, 0.6) is 11.5 Å². The molecule has 3 heteroatoms. The quantitative estimate of drug-likeness (QED) is 0.700. The number of hydrogen-bond acceptors (Lipinski definition) is 3. The molecular weight excluding hydrogens is 274 g/mol. The van der Waals surface area contributed by atoms with Crippen molar-refractivity contribution in [2.24, 2.45) is 4.99 Å². The van der Waals surface area contributed by atoms with Crippen molar-refractivity contribution in [3.8, 4) is 11.5 Å². The van der Waals surface area contributed by atoms with Crippen LogP contribution in [0, 0.1) is 0 Å². The maximum Gasteiger partial charge on any atom is 0.163 e. The fraction of sp³-hybridized carbons (Fsp3) is 0.211. The van der Waals surface area contributed by atoms with Crippen LogP contribution in [0.4, 0.5) is 5.69 Å². The van der Waals surface area contributed by atoms with Crippen LogP contribution in [0.3, 0.4) is 0 Å². The topological polar surface area (TPSA) is 30.8 Å². The lowest BCUT2D eigenvalue weighted by Gasteiger charge is -2.14. The standard InChI is InChI=1S/C19H21NO2/c1-5-20-17-12-19(18(21-4)11-16(17)14(2)3)22-13-15-9-7-6-8-10-15/h5-12H,2,13H2,1,3-4H3. The molecular formula is C19H21NO2. The molecule has 2 aromatic rings. The van der Waals surface area contributed by atoms with Gasteiger partial charge in [-0.3, -0.25) is 4.99 Å². The predicted octanol–water partition coefficient (Wildman–Crippen LogP) is 5.03. The summed E-state index contributed by atoms with van der Waals surface area (Å²) in [5.41, 5.74) is 3.84. The maximum atomic E-state index is 5.91. The molecule has 114 valence electrons. The predicted molar refractivity (Wildman–Crippen MR) is 92.3 cm³/mol. The summed E-state index contributed by atoms with van der Waals surface area (Å²) in [6, 6.07) is 13.8. The minimum atomic E-state index is 0.485. The molecule has 0 aliphatic heterocycles. The maximum absolute atomic E-state index is 5.91. The van der Waals surface area contributed by atoms with E-state index in [1.165, 1.54) is 0 Å². The third kappa shape index (κ3) is 3.76. The Labute approximate surface area is 131 Å². The normalized spacial score (nSPS) is 10.7. The minimum Gasteiger partial charge on any atom is -0.493 e. The SMILES string of the molecule is C=C(C)c1cc(OC)c(OCc2ccccc2)cc1N=CC. The Kier molecular flexibility index (Phi) is 5.37. The first-order valence-electron chi connectivity index (χ1n) is 7.19. The van der Waals surface area contributed by atoms with Crippen molar-refractivity contribution >= 4 is 17.5 Å². The summed E-state index contributed by atoms with van der Waals surface area (Å²) in [6.45, 7) is 8.32. The van der Waals surface area contributed by atoms with Crippen LogP contribution in [0.1, 0.15) is 25.0 Å². The van der Waals surface area contributed by atoms with Gasteiger partial charge in [-0.2, -0.15) is 0 Å². The molecule has 0 unspecified atom stereocenters. The second-order valence-corrected chi connectivity index (χ2v) is 4.96. The van der Waals surface area contributed by atoms with Crippen molar-refractivity contribution in [1.82, 2.24) is 0 Å².